The molecule has 2 rings (SSSR count). The van der Waals surface area contributed by atoms with E-state index in [-0.39, 0.29) is 22.7 Å². The van der Waals surface area contributed by atoms with Gasteiger partial charge in [-0.1, -0.05) is 11.6 Å². The van der Waals surface area contributed by atoms with Crippen LogP contribution in [-0.4, -0.2) is 34.5 Å². The molecule has 0 aromatic carbocycles. The van der Waals surface area contributed by atoms with Gasteiger partial charge in [-0.05, 0) is 0 Å². The molecule has 0 amide bonds. The van der Waals surface area contributed by atoms with Crippen molar-refractivity contribution in [1.29, 1.82) is 0 Å². The average Bonchev–Trinajstić information content (AvgIpc) is 2.14. The number of nitrogens with zero attached hydrogens (tertiary/aromatic N) is 2. The second kappa shape index (κ2) is 3.92. The summed E-state index contributed by atoms with van der Waals surface area (Å²) >= 11 is 5.57. The molecule has 0 atom stereocenters. The molecule has 1 saturated heterocycles. The maximum atomic E-state index is 11.5. The zero-order chi connectivity index (χ0) is 10.9. The Kier molecular flexibility index (Phi) is 2.77. The number of hydrogen-bond acceptors (Lipinski definition) is 4. The van der Waals surface area contributed by atoms with E-state index in [0.29, 0.717) is 19.8 Å². The van der Waals surface area contributed by atoms with Crippen molar-refractivity contribution in [2.75, 3.05) is 19.8 Å². The van der Waals surface area contributed by atoms with E-state index in [1.165, 1.54) is 17.0 Å². The molecular formula is C9H11ClN2O3. The highest BCUT2D eigenvalue weighted by Crippen LogP contribution is 2.28. The molecule has 0 unspecified atom stereocenters. The van der Waals surface area contributed by atoms with Crippen molar-refractivity contribution in [2.24, 2.45) is 5.41 Å². The number of halogens is 1. The molecule has 0 saturated carbocycles. The molecule has 5 nitrogen and oxygen atoms in total. The number of aliphatic hydroxyl groups is 1. The monoisotopic (exact) mass is 230 g/mol. The van der Waals surface area contributed by atoms with Crippen LogP contribution in [0.5, 0.6) is 0 Å². The first kappa shape index (κ1) is 10.6. The van der Waals surface area contributed by atoms with Gasteiger partial charge >= 0.3 is 0 Å². The predicted octanol–water partition coefficient (Wildman–Crippen LogP) is -0.0944. The van der Waals surface area contributed by atoms with Gasteiger partial charge in [0.1, 0.15) is 5.15 Å². The highest BCUT2D eigenvalue weighted by molar-refractivity contribution is 6.29. The molecule has 1 aromatic heterocycles. The molecule has 0 radical (unpaired) electrons. The maximum Gasteiger partial charge on any atom is 0.254 e. The topological polar surface area (TPSA) is 64.4 Å². The van der Waals surface area contributed by atoms with E-state index in [4.69, 9.17) is 16.3 Å². The van der Waals surface area contributed by atoms with Gasteiger partial charge in [0, 0.05) is 12.6 Å². The fourth-order valence-corrected chi connectivity index (χ4v) is 1.64. The number of aliphatic hydroxyl groups excluding tert-OH is 1. The van der Waals surface area contributed by atoms with Crippen LogP contribution >= 0.6 is 11.6 Å². The summed E-state index contributed by atoms with van der Waals surface area (Å²) in [5, 5.41) is 9.38. The van der Waals surface area contributed by atoms with Crippen LogP contribution in [-0.2, 0) is 11.3 Å². The quantitative estimate of drug-likeness (QED) is 0.737. The van der Waals surface area contributed by atoms with Gasteiger partial charge in [0.15, 0.2) is 0 Å². The summed E-state index contributed by atoms with van der Waals surface area (Å²) in [6, 6.07) is 1.26. The lowest BCUT2D eigenvalue weighted by molar-refractivity contribution is -0.145. The van der Waals surface area contributed by atoms with E-state index in [0.717, 1.165) is 0 Å². The van der Waals surface area contributed by atoms with Crippen molar-refractivity contribution in [3.8, 4) is 0 Å². The largest absolute Gasteiger partial charge is 0.396 e. The highest BCUT2D eigenvalue weighted by Gasteiger charge is 2.38. The Balaban J connectivity index is 2.20. The van der Waals surface area contributed by atoms with Gasteiger partial charge in [0.2, 0.25) is 0 Å². The minimum atomic E-state index is -0.334. The van der Waals surface area contributed by atoms with Crippen LogP contribution in [0, 0.1) is 5.41 Å². The van der Waals surface area contributed by atoms with Gasteiger partial charge < -0.3 is 9.84 Å². The van der Waals surface area contributed by atoms with Crippen molar-refractivity contribution in [2.45, 2.75) is 6.54 Å². The minimum absolute atomic E-state index is 0.00205. The fraction of sp³-hybridized carbons (Fsp3) is 0.556. The van der Waals surface area contributed by atoms with Crippen LogP contribution < -0.4 is 5.56 Å². The van der Waals surface area contributed by atoms with E-state index in [1.807, 2.05) is 0 Å². The third-order valence-corrected chi connectivity index (χ3v) is 2.71. The van der Waals surface area contributed by atoms with E-state index in [9.17, 15) is 9.90 Å². The first-order valence-corrected chi connectivity index (χ1v) is 4.94. The van der Waals surface area contributed by atoms with Gasteiger partial charge in [0.25, 0.3) is 5.56 Å². The lowest BCUT2D eigenvalue weighted by Crippen LogP contribution is -2.50. The third-order valence-electron chi connectivity index (χ3n) is 2.50. The SMILES string of the molecule is O=c1cc(Cl)ncn1CC1(CO)COC1. The van der Waals surface area contributed by atoms with Gasteiger partial charge in [0.05, 0.1) is 31.6 Å². The predicted molar refractivity (Wildman–Crippen MR) is 53.8 cm³/mol. The summed E-state index contributed by atoms with van der Waals surface area (Å²) < 4.78 is 6.48. The van der Waals surface area contributed by atoms with Gasteiger partial charge in [-0.3, -0.25) is 9.36 Å². The Bertz CT molecular complexity index is 409. The van der Waals surface area contributed by atoms with E-state index < -0.39 is 0 Å². The first-order chi connectivity index (χ1) is 7.15. The Morgan fingerprint density at radius 1 is 1.67 bits per heavy atom. The third kappa shape index (κ3) is 2.04. The van der Waals surface area contributed by atoms with Gasteiger partial charge in [-0.25, -0.2) is 4.98 Å². The van der Waals surface area contributed by atoms with Crippen LogP contribution in [0.3, 0.4) is 0 Å². The minimum Gasteiger partial charge on any atom is -0.396 e. The van der Waals surface area contributed by atoms with Crippen LogP contribution in [0.15, 0.2) is 17.2 Å². The van der Waals surface area contributed by atoms with E-state index in [2.05, 4.69) is 4.98 Å². The Morgan fingerprint density at radius 3 is 2.87 bits per heavy atom. The summed E-state index contributed by atoms with van der Waals surface area (Å²) in [5.41, 5.74) is -0.547. The Labute approximate surface area is 91.3 Å². The van der Waals surface area contributed by atoms with Crippen molar-refractivity contribution in [3.05, 3.63) is 27.9 Å². The van der Waals surface area contributed by atoms with Crippen LogP contribution in [0.4, 0.5) is 0 Å². The zero-order valence-electron chi connectivity index (χ0n) is 8.02. The van der Waals surface area contributed by atoms with Crippen molar-refractivity contribution >= 4 is 11.6 Å². The summed E-state index contributed by atoms with van der Waals surface area (Å²) in [7, 11) is 0. The molecule has 1 N–H and O–H groups in total. The number of aromatic nitrogens is 2. The van der Waals surface area contributed by atoms with E-state index in [1.54, 1.807) is 0 Å². The molecule has 2 heterocycles. The zero-order valence-corrected chi connectivity index (χ0v) is 8.78. The molecule has 0 spiro atoms. The molecule has 1 fully saturated rings. The van der Waals surface area contributed by atoms with E-state index >= 15 is 0 Å². The second-order valence-corrected chi connectivity index (χ2v) is 4.22. The fourth-order valence-electron chi connectivity index (χ4n) is 1.51. The number of hydrogen-bond donors (Lipinski definition) is 1. The molecular weight excluding hydrogens is 220 g/mol. The maximum absolute atomic E-state index is 11.5. The summed E-state index contributed by atoms with van der Waals surface area (Å²) in [4.78, 5) is 15.3. The molecule has 1 aliphatic rings. The molecule has 1 aliphatic heterocycles. The van der Waals surface area contributed by atoms with Crippen molar-refractivity contribution in [3.63, 3.8) is 0 Å². The molecule has 1 aromatic rings. The summed E-state index contributed by atoms with van der Waals surface area (Å²) in [5.74, 6) is 0. The lowest BCUT2D eigenvalue weighted by atomic mass is 9.87. The number of rotatable bonds is 3. The van der Waals surface area contributed by atoms with Crippen molar-refractivity contribution < 1.29 is 9.84 Å². The Hall–Kier alpha value is -0.910. The molecule has 82 valence electrons. The normalized spacial score (nSPS) is 18.5. The second-order valence-electron chi connectivity index (χ2n) is 3.83. The standard InChI is InChI=1S/C9H11ClN2O3/c10-7-1-8(14)12(6-11-7)2-9(3-13)4-15-5-9/h1,6,13H,2-5H2. The smallest absolute Gasteiger partial charge is 0.254 e. The summed E-state index contributed by atoms with van der Waals surface area (Å²) in [6.45, 7) is 1.35. The summed E-state index contributed by atoms with van der Waals surface area (Å²) in [6.07, 6.45) is 1.39. The first-order valence-electron chi connectivity index (χ1n) is 4.56. The molecule has 15 heavy (non-hydrogen) atoms. The van der Waals surface area contributed by atoms with Gasteiger partial charge in [-0.15, -0.1) is 0 Å². The number of ether oxygens (including phenoxy) is 1. The Morgan fingerprint density at radius 2 is 2.40 bits per heavy atom. The van der Waals surface area contributed by atoms with Crippen LogP contribution in [0.2, 0.25) is 5.15 Å². The van der Waals surface area contributed by atoms with Crippen molar-refractivity contribution in [1.82, 2.24) is 9.55 Å². The molecule has 0 aliphatic carbocycles. The molecule has 0 bridgehead atoms. The highest BCUT2D eigenvalue weighted by atomic mass is 35.5. The lowest BCUT2D eigenvalue weighted by Gasteiger charge is -2.39. The van der Waals surface area contributed by atoms with Crippen LogP contribution in [0.25, 0.3) is 0 Å². The van der Waals surface area contributed by atoms with Crippen LogP contribution in [0.1, 0.15) is 0 Å². The van der Waals surface area contributed by atoms with Gasteiger partial charge in [-0.2, -0.15) is 0 Å². The average molecular weight is 231 g/mol. The molecule has 6 heteroatoms.